The molecule has 0 N–H and O–H groups in total. The van der Waals surface area contributed by atoms with Gasteiger partial charge >= 0.3 is 0 Å². The number of benzene rings is 2. The van der Waals surface area contributed by atoms with Crippen LogP contribution in [0.2, 0.25) is 0 Å². The second-order valence-corrected chi connectivity index (χ2v) is 4.40. The second kappa shape index (κ2) is 5.49. The largest absolute Gasteiger partial charge is 0.256 e. The summed E-state index contributed by atoms with van der Waals surface area (Å²) in [6, 6.07) is 23.9. The molecule has 1 unspecified atom stereocenters. The van der Waals surface area contributed by atoms with Gasteiger partial charge in [0.05, 0.1) is 5.69 Å². The van der Waals surface area contributed by atoms with E-state index in [0.717, 1.165) is 22.4 Å². The topological polar surface area (TPSA) is 12.9 Å². The van der Waals surface area contributed by atoms with Gasteiger partial charge in [-0.15, -0.1) is 0 Å². The highest BCUT2D eigenvalue weighted by molar-refractivity contribution is 5.59. The predicted octanol–water partition coefficient (Wildman–Crippen LogP) is 4.34. The first-order chi connectivity index (χ1) is 9.84. The van der Waals surface area contributed by atoms with Gasteiger partial charge in [-0.25, -0.2) is 0 Å². The Kier molecular flexibility index (Phi) is 3.03. The summed E-state index contributed by atoms with van der Waals surface area (Å²) in [6.07, 6.45) is 1.41. The van der Waals surface area contributed by atoms with E-state index in [-0.39, 0.29) is 6.40 Å². The molecule has 2 aromatic carbocycles. The van der Waals surface area contributed by atoms with Crippen molar-refractivity contribution < 1.29 is 1.37 Å². The van der Waals surface area contributed by atoms with Gasteiger partial charge in [0.15, 0.2) is 0 Å². The average Bonchev–Trinajstić information content (AvgIpc) is 2.56. The molecule has 0 spiro atoms. The molecule has 19 heavy (non-hydrogen) atoms. The molecule has 0 saturated carbocycles. The molecule has 0 aliphatic heterocycles. The summed E-state index contributed by atoms with van der Waals surface area (Å²) in [6.45, 7) is 0. The summed E-state index contributed by atoms with van der Waals surface area (Å²) in [7, 11) is 0. The van der Waals surface area contributed by atoms with E-state index in [1.54, 1.807) is 6.20 Å². The molecule has 0 aliphatic carbocycles. The van der Waals surface area contributed by atoms with E-state index in [9.17, 15) is 0 Å². The maximum Gasteiger partial charge on any atom is 0.0704 e. The molecule has 1 nitrogen and oxygen atoms in total. The fraction of sp³-hybridized carbons (Fsp3) is 0.0556. The molecule has 0 aliphatic rings. The van der Waals surface area contributed by atoms with E-state index in [4.69, 9.17) is 1.37 Å². The molecule has 92 valence electrons. The van der Waals surface area contributed by atoms with E-state index in [2.05, 4.69) is 4.98 Å². The fourth-order valence-corrected chi connectivity index (χ4v) is 2.05. The minimum atomic E-state index is -0.373. The van der Waals surface area contributed by atoms with Crippen LogP contribution in [0.4, 0.5) is 0 Å². The van der Waals surface area contributed by atoms with Crippen LogP contribution in [0.5, 0.6) is 0 Å². The van der Waals surface area contributed by atoms with Crippen LogP contribution in [0.25, 0.3) is 11.3 Å². The quantitative estimate of drug-likeness (QED) is 0.670. The van der Waals surface area contributed by atoms with Crippen LogP contribution in [0.15, 0.2) is 79.0 Å². The highest BCUT2D eigenvalue weighted by atomic mass is 14.7. The summed E-state index contributed by atoms with van der Waals surface area (Å²) >= 11 is 0. The number of pyridine rings is 1. The molecule has 1 atom stereocenters. The highest BCUT2D eigenvalue weighted by Crippen LogP contribution is 2.18. The third-order valence-electron chi connectivity index (χ3n) is 2.99. The number of rotatable bonds is 3. The maximum atomic E-state index is 8.39. The van der Waals surface area contributed by atoms with Gasteiger partial charge in [-0.3, -0.25) is 4.98 Å². The lowest BCUT2D eigenvalue weighted by molar-refractivity contribution is 1.16. The Morgan fingerprint density at radius 1 is 0.789 bits per heavy atom. The molecular weight excluding hydrogens is 230 g/mol. The Morgan fingerprint density at radius 2 is 1.47 bits per heavy atom. The zero-order valence-electron chi connectivity index (χ0n) is 11.5. The van der Waals surface area contributed by atoms with Crippen molar-refractivity contribution in [3.05, 3.63) is 90.1 Å². The van der Waals surface area contributed by atoms with E-state index in [1.165, 1.54) is 0 Å². The van der Waals surface area contributed by atoms with Crippen molar-refractivity contribution >= 4 is 0 Å². The van der Waals surface area contributed by atoms with E-state index in [0.29, 0.717) is 0 Å². The standard InChI is InChI=1S/C18H15N/c1-3-7-15(8-4-1)13-16-11-12-19-18(14-16)17-9-5-2-6-10-17/h1-12,14H,13H2/i13D. The molecule has 0 bridgehead atoms. The molecule has 3 aromatic rings. The van der Waals surface area contributed by atoms with Crippen LogP contribution in [-0.2, 0) is 6.40 Å². The summed E-state index contributed by atoms with van der Waals surface area (Å²) in [5.74, 6) is 0. The van der Waals surface area contributed by atoms with E-state index in [1.807, 2.05) is 72.8 Å². The van der Waals surface area contributed by atoms with Gasteiger partial charge in [0.2, 0.25) is 0 Å². The average molecular weight is 246 g/mol. The minimum Gasteiger partial charge on any atom is -0.256 e. The number of hydrogen-bond donors (Lipinski definition) is 0. The van der Waals surface area contributed by atoms with Crippen molar-refractivity contribution in [3.63, 3.8) is 0 Å². The van der Waals surface area contributed by atoms with Gasteiger partial charge in [0.25, 0.3) is 0 Å². The van der Waals surface area contributed by atoms with Crippen LogP contribution in [0, 0.1) is 0 Å². The lowest BCUT2D eigenvalue weighted by Gasteiger charge is -2.05. The third kappa shape index (κ3) is 2.89. The van der Waals surface area contributed by atoms with Crippen LogP contribution < -0.4 is 0 Å². The van der Waals surface area contributed by atoms with Crippen LogP contribution in [0.1, 0.15) is 12.5 Å². The van der Waals surface area contributed by atoms with Crippen molar-refractivity contribution in [1.82, 2.24) is 4.98 Å². The molecule has 0 saturated heterocycles. The smallest absolute Gasteiger partial charge is 0.0704 e. The van der Waals surface area contributed by atoms with Gasteiger partial charge in [-0.2, -0.15) is 0 Å². The summed E-state index contributed by atoms with van der Waals surface area (Å²) < 4.78 is 8.39. The molecule has 0 radical (unpaired) electrons. The molecule has 0 amide bonds. The summed E-state index contributed by atoms with van der Waals surface area (Å²) in [5, 5.41) is 0. The van der Waals surface area contributed by atoms with Crippen LogP contribution in [-0.4, -0.2) is 4.98 Å². The van der Waals surface area contributed by atoms with Crippen LogP contribution in [0.3, 0.4) is 0 Å². The normalized spacial score (nSPS) is 12.7. The molecule has 3 rings (SSSR count). The Labute approximate surface area is 115 Å². The Hall–Kier alpha value is -2.41. The Morgan fingerprint density at radius 3 is 2.21 bits per heavy atom. The van der Waals surface area contributed by atoms with Gasteiger partial charge < -0.3 is 0 Å². The van der Waals surface area contributed by atoms with Gasteiger partial charge in [0.1, 0.15) is 0 Å². The zero-order chi connectivity index (χ0) is 13.8. The number of hydrogen-bond acceptors (Lipinski definition) is 1. The summed E-state index contributed by atoms with van der Waals surface area (Å²) in [4.78, 5) is 4.40. The van der Waals surface area contributed by atoms with Crippen molar-refractivity contribution in [1.29, 1.82) is 0 Å². The van der Waals surface area contributed by atoms with E-state index >= 15 is 0 Å². The maximum absolute atomic E-state index is 8.39. The van der Waals surface area contributed by atoms with Crippen molar-refractivity contribution in [3.8, 4) is 11.3 Å². The minimum absolute atomic E-state index is 0.373. The van der Waals surface area contributed by atoms with Gasteiger partial charge in [-0.1, -0.05) is 60.7 Å². The lowest BCUT2D eigenvalue weighted by Crippen LogP contribution is -1.90. The van der Waals surface area contributed by atoms with Crippen molar-refractivity contribution in [2.24, 2.45) is 0 Å². The first-order valence-corrected chi connectivity index (χ1v) is 6.33. The third-order valence-corrected chi connectivity index (χ3v) is 2.99. The Bertz CT molecular complexity index is 680. The SMILES string of the molecule is [2H]C(c1ccccc1)c1ccnc(-c2ccccc2)c1. The highest BCUT2D eigenvalue weighted by Gasteiger charge is 2.01. The predicted molar refractivity (Wildman–Crippen MR) is 78.9 cm³/mol. The second-order valence-electron chi connectivity index (χ2n) is 4.40. The van der Waals surface area contributed by atoms with Gasteiger partial charge in [0, 0.05) is 13.1 Å². The Balaban J connectivity index is 1.96. The number of aromatic nitrogens is 1. The first-order valence-electron chi connectivity index (χ1n) is 6.91. The molecule has 1 aromatic heterocycles. The first kappa shape index (κ1) is 10.5. The molecule has 1 heterocycles. The van der Waals surface area contributed by atoms with Gasteiger partial charge in [-0.05, 0) is 29.7 Å². The zero-order valence-corrected chi connectivity index (χ0v) is 10.5. The van der Waals surface area contributed by atoms with Crippen molar-refractivity contribution in [2.75, 3.05) is 0 Å². The fourth-order valence-electron chi connectivity index (χ4n) is 2.05. The van der Waals surface area contributed by atoms with Crippen LogP contribution >= 0.6 is 0 Å². The monoisotopic (exact) mass is 246 g/mol. The lowest BCUT2D eigenvalue weighted by atomic mass is 10.0. The molecular formula is C18H15N. The molecule has 0 fully saturated rings. The number of nitrogens with zero attached hydrogens (tertiary/aromatic N) is 1. The molecule has 1 heteroatoms. The van der Waals surface area contributed by atoms with Crippen molar-refractivity contribution in [2.45, 2.75) is 6.40 Å². The summed E-state index contributed by atoms with van der Waals surface area (Å²) in [5.41, 5.74) is 3.95. The van der Waals surface area contributed by atoms with E-state index < -0.39 is 0 Å².